The summed E-state index contributed by atoms with van der Waals surface area (Å²) in [7, 11) is 0. The molecule has 0 unspecified atom stereocenters. The zero-order valence-corrected chi connectivity index (χ0v) is 24.6. The Kier molecular flexibility index (Phi) is 8.90. The van der Waals surface area contributed by atoms with Crippen LogP contribution in [-0.2, 0) is 15.7 Å². The molecular formula is C26H26Cl2F3N6O5-. The van der Waals surface area contributed by atoms with Crippen molar-refractivity contribution < 1.29 is 37.0 Å². The molecule has 4 rings (SSSR count). The SMILES string of the molecule is CC(C)(C)OC([O-])=NC(C)(C)OCCCOc1cc(Cl)c(-c2noc(-c3cn4cc(C(F)(F)F)ncc4n3)n2)cc1Cl. The first-order valence-corrected chi connectivity index (χ1v) is 13.2. The third-order valence-corrected chi connectivity index (χ3v) is 5.90. The largest absolute Gasteiger partial charge is 0.595 e. The monoisotopic (exact) mass is 629 g/mol. The van der Waals surface area contributed by atoms with Crippen molar-refractivity contribution in [2.24, 2.45) is 4.99 Å². The van der Waals surface area contributed by atoms with Crippen molar-refractivity contribution in [1.29, 1.82) is 0 Å². The molecule has 42 heavy (non-hydrogen) atoms. The fourth-order valence-electron chi connectivity index (χ4n) is 3.50. The Morgan fingerprint density at radius 3 is 2.48 bits per heavy atom. The van der Waals surface area contributed by atoms with Gasteiger partial charge >= 0.3 is 6.18 Å². The van der Waals surface area contributed by atoms with E-state index in [1.165, 1.54) is 18.3 Å². The minimum absolute atomic E-state index is 0.0453. The standard InChI is InChI=1S/C26H27Cl2F3N6O5/c1-24(2,3)41-23(38)35-25(4,5)40-8-6-7-39-18-10-15(27)14(9-16(18)28)21-34-22(42-36-21)17-12-37-13-19(26(29,30)31)32-11-20(37)33-17/h9-13H,6-8H2,1-5H3,(H,35,38)/p-1. The molecule has 0 aliphatic carbocycles. The Morgan fingerprint density at radius 1 is 1.05 bits per heavy atom. The molecule has 11 nitrogen and oxygen atoms in total. The second-order valence-electron chi connectivity index (χ2n) is 10.4. The van der Waals surface area contributed by atoms with E-state index < -0.39 is 29.3 Å². The van der Waals surface area contributed by atoms with Crippen molar-refractivity contribution in [3.05, 3.63) is 46.5 Å². The molecule has 0 N–H and O–H groups in total. The van der Waals surface area contributed by atoms with Crippen molar-refractivity contribution >= 4 is 34.9 Å². The van der Waals surface area contributed by atoms with E-state index in [1.54, 1.807) is 34.6 Å². The van der Waals surface area contributed by atoms with Crippen LogP contribution in [0.25, 0.3) is 28.6 Å². The van der Waals surface area contributed by atoms with Gasteiger partial charge in [-0.05, 0) is 19.9 Å². The van der Waals surface area contributed by atoms with Crippen LogP contribution in [0.3, 0.4) is 0 Å². The quantitative estimate of drug-likeness (QED) is 0.127. The average Bonchev–Trinajstić information content (AvgIpc) is 3.50. The van der Waals surface area contributed by atoms with Gasteiger partial charge < -0.3 is 28.2 Å². The van der Waals surface area contributed by atoms with Crippen LogP contribution in [0.1, 0.15) is 46.7 Å². The second-order valence-corrected chi connectivity index (χ2v) is 11.3. The van der Waals surface area contributed by atoms with Crippen LogP contribution in [0.15, 0.2) is 40.2 Å². The molecule has 0 saturated heterocycles. The molecule has 0 spiro atoms. The van der Waals surface area contributed by atoms with E-state index in [2.05, 4.69) is 25.1 Å². The number of rotatable bonds is 9. The molecule has 0 radical (unpaired) electrons. The molecule has 16 heteroatoms. The first-order chi connectivity index (χ1) is 19.5. The summed E-state index contributed by atoms with van der Waals surface area (Å²) < 4.78 is 61.9. The van der Waals surface area contributed by atoms with Crippen LogP contribution < -0.4 is 9.84 Å². The van der Waals surface area contributed by atoms with E-state index in [0.29, 0.717) is 17.7 Å². The number of fused-ring (bicyclic) bond motifs is 1. The Bertz CT molecular complexity index is 1600. The van der Waals surface area contributed by atoms with Gasteiger partial charge in [-0.2, -0.15) is 18.2 Å². The van der Waals surface area contributed by atoms with Gasteiger partial charge in [0.1, 0.15) is 17.5 Å². The van der Waals surface area contributed by atoms with Gasteiger partial charge in [0.15, 0.2) is 17.1 Å². The summed E-state index contributed by atoms with van der Waals surface area (Å²) in [6.45, 7) is 9.00. The van der Waals surface area contributed by atoms with Gasteiger partial charge in [0.2, 0.25) is 5.82 Å². The highest BCUT2D eigenvalue weighted by Gasteiger charge is 2.33. The number of nitrogens with zero attached hydrogens (tertiary/aromatic N) is 6. The van der Waals surface area contributed by atoms with Gasteiger partial charge in [-0.3, -0.25) is 0 Å². The van der Waals surface area contributed by atoms with E-state index in [-0.39, 0.29) is 46.3 Å². The smallest absolute Gasteiger partial charge is 0.434 e. The molecule has 0 fully saturated rings. The number of aromatic nitrogens is 5. The molecule has 3 heterocycles. The number of alkyl halides is 3. The predicted molar refractivity (Wildman–Crippen MR) is 145 cm³/mol. The summed E-state index contributed by atoms with van der Waals surface area (Å²) in [6, 6.07) is 2.99. The Balaban J connectivity index is 1.37. The first-order valence-electron chi connectivity index (χ1n) is 12.5. The number of benzene rings is 1. The second kappa shape index (κ2) is 11.9. The van der Waals surface area contributed by atoms with Crippen molar-refractivity contribution in [3.8, 4) is 28.7 Å². The minimum atomic E-state index is -4.60. The summed E-state index contributed by atoms with van der Waals surface area (Å²) in [5.74, 6) is 0.343. The molecule has 0 atom stereocenters. The molecule has 0 saturated carbocycles. The van der Waals surface area contributed by atoms with E-state index >= 15 is 0 Å². The van der Waals surface area contributed by atoms with Gasteiger partial charge in [-0.25, -0.2) is 15.0 Å². The summed E-state index contributed by atoms with van der Waals surface area (Å²) in [6.07, 6.45) is -1.75. The Hall–Kier alpha value is -3.62. The minimum Gasteiger partial charge on any atom is -0.595 e. The van der Waals surface area contributed by atoms with Gasteiger partial charge in [-0.15, -0.1) is 0 Å². The number of hydrogen-bond acceptors (Lipinski definition) is 10. The van der Waals surface area contributed by atoms with Gasteiger partial charge in [0, 0.05) is 36.0 Å². The van der Waals surface area contributed by atoms with Crippen molar-refractivity contribution in [2.45, 2.75) is 58.5 Å². The van der Waals surface area contributed by atoms with Crippen LogP contribution in [0.4, 0.5) is 13.2 Å². The third-order valence-electron chi connectivity index (χ3n) is 5.30. The van der Waals surface area contributed by atoms with Crippen molar-refractivity contribution in [3.63, 3.8) is 0 Å². The Labute approximate surface area is 248 Å². The third kappa shape index (κ3) is 8.01. The summed E-state index contributed by atoms with van der Waals surface area (Å²) in [5, 5.41) is 16.3. The maximum atomic E-state index is 13.0. The molecule has 4 aromatic rings. The fourth-order valence-corrected chi connectivity index (χ4v) is 3.95. The molecule has 3 aromatic heterocycles. The number of ether oxygens (including phenoxy) is 3. The molecule has 0 aliphatic heterocycles. The molecular weight excluding hydrogens is 604 g/mol. The average molecular weight is 630 g/mol. The molecule has 0 aliphatic rings. The summed E-state index contributed by atoms with van der Waals surface area (Å²) in [5.41, 5.74) is -2.18. The van der Waals surface area contributed by atoms with E-state index in [4.69, 9.17) is 41.9 Å². The van der Waals surface area contributed by atoms with E-state index in [0.717, 1.165) is 16.8 Å². The lowest BCUT2D eigenvalue weighted by Crippen LogP contribution is -2.35. The van der Waals surface area contributed by atoms with Crippen LogP contribution in [0.5, 0.6) is 5.75 Å². The predicted octanol–water partition coefficient (Wildman–Crippen LogP) is 5.82. The van der Waals surface area contributed by atoms with Gasteiger partial charge in [-0.1, -0.05) is 49.1 Å². The number of hydrogen-bond donors (Lipinski definition) is 0. The number of halogens is 5. The van der Waals surface area contributed by atoms with Crippen LogP contribution >= 0.6 is 23.2 Å². The topological polar surface area (TPSA) is 132 Å². The highest BCUT2D eigenvalue weighted by atomic mass is 35.5. The molecule has 1 aromatic carbocycles. The Morgan fingerprint density at radius 2 is 1.79 bits per heavy atom. The lowest BCUT2D eigenvalue weighted by Gasteiger charge is -2.31. The molecule has 226 valence electrons. The summed E-state index contributed by atoms with van der Waals surface area (Å²) in [4.78, 5) is 15.7. The lowest BCUT2D eigenvalue weighted by molar-refractivity contribution is -0.263. The number of aliphatic imine (C=N–C) groups is 1. The zero-order chi connectivity index (χ0) is 30.9. The van der Waals surface area contributed by atoms with Crippen LogP contribution in [0, 0.1) is 0 Å². The van der Waals surface area contributed by atoms with Crippen LogP contribution in [0.2, 0.25) is 10.0 Å². The highest BCUT2D eigenvalue weighted by molar-refractivity contribution is 6.36. The fraction of sp³-hybridized carbons (Fsp3) is 0.423. The van der Waals surface area contributed by atoms with Crippen LogP contribution in [-0.4, -0.2) is 55.1 Å². The zero-order valence-electron chi connectivity index (χ0n) is 23.1. The maximum Gasteiger partial charge on any atom is 0.434 e. The summed E-state index contributed by atoms with van der Waals surface area (Å²) >= 11 is 12.8. The molecule has 0 amide bonds. The highest BCUT2D eigenvalue weighted by Crippen LogP contribution is 2.36. The van der Waals surface area contributed by atoms with E-state index in [9.17, 15) is 18.3 Å². The van der Waals surface area contributed by atoms with Gasteiger partial charge in [0.25, 0.3) is 5.89 Å². The van der Waals surface area contributed by atoms with Crippen molar-refractivity contribution in [1.82, 2.24) is 24.5 Å². The maximum absolute atomic E-state index is 13.0. The number of imidazole rings is 1. The van der Waals surface area contributed by atoms with E-state index in [1.807, 2.05) is 0 Å². The normalized spacial score (nSPS) is 13.1. The molecule has 0 bridgehead atoms. The van der Waals surface area contributed by atoms with Gasteiger partial charge in [0.05, 0.1) is 29.5 Å². The van der Waals surface area contributed by atoms with Crippen molar-refractivity contribution in [2.75, 3.05) is 13.2 Å². The first kappa shape index (κ1) is 31.3. The lowest BCUT2D eigenvalue weighted by atomic mass is 10.2.